The molecule has 3 rings (SSSR count). The number of sulfonamides is 2. The number of nitrogens with one attached hydrogen (secondary N) is 1. The van der Waals surface area contributed by atoms with Crippen molar-refractivity contribution < 1.29 is 16.8 Å². The molecular formula is C19H24N2O4S2. The van der Waals surface area contributed by atoms with Gasteiger partial charge in [0.25, 0.3) is 0 Å². The summed E-state index contributed by atoms with van der Waals surface area (Å²) >= 11 is 0. The molecule has 0 aromatic heterocycles. The summed E-state index contributed by atoms with van der Waals surface area (Å²) in [6, 6.07) is 13.0. The van der Waals surface area contributed by atoms with E-state index in [4.69, 9.17) is 0 Å². The fourth-order valence-corrected chi connectivity index (χ4v) is 5.66. The highest BCUT2D eigenvalue weighted by molar-refractivity contribution is 7.89. The van der Waals surface area contributed by atoms with E-state index in [-0.39, 0.29) is 16.3 Å². The van der Waals surface area contributed by atoms with Crippen LogP contribution in [-0.4, -0.2) is 34.2 Å². The molecule has 0 atom stereocenters. The van der Waals surface area contributed by atoms with Crippen LogP contribution >= 0.6 is 0 Å². The third-order valence-electron chi connectivity index (χ3n) is 4.64. The van der Waals surface area contributed by atoms with Crippen LogP contribution in [0.25, 0.3) is 0 Å². The summed E-state index contributed by atoms with van der Waals surface area (Å²) in [4.78, 5) is 0.176. The lowest BCUT2D eigenvalue weighted by atomic mass is 10.1. The first-order valence-corrected chi connectivity index (χ1v) is 11.9. The van der Waals surface area contributed by atoms with Gasteiger partial charge >= 0.3 is 0 Å². The van der Waals surface area contributed by atoms with Crippen LogP contribution in [0.5, 0.6) is 0 Å². The summed E-state index contributed by atoms with van der Waals surface area (Å²) < 4.78 is 54.3. The molecule has 1 N–H and O–H groups in total. The zero-order valence-corrected chi connectivity index (χ0v) is 16.9. The largest absolute Gasteiger partial charge is 0.243 e. The van der Waals surface area contributed by atoms with Gasteiger partial charge in [-0.25, -0.2) is 21.6 Å². The zero-order valence-electron chi connectivity index (χ0n) is 15.3. The minimum Gasteiger partial charge on any atom is -0.207 e. The highest BCUT2D eigenvalue weighted by Crippen LogP contribution is 2.22. The van der Waals surface area contributed by atoms with Crippen LogP contribution in [0.2, 0.25) is 0 Å². The lowest BCUT2D eigenvalue weighted by Gasteiger charge is -2.25. The molecule has 6 nitrogen and oxygen atoms in total. The normalized spacial score (nSPS) is 16.3. The molecule has 1 aliphatic rings. The fraction of sp³-hybridized carbons (Fsp3) is 0.368. The van der Waals surface area contributed by atoms with Gasteiger partial charge in [-0.1, -0.05) is 36.2 Å². The Morgan fingerprint density at radius 2 is 1.52 bits per heavy atom. The molecule has 1 fully saturated rings. The number of nitrogens with zero attached hydrogens (tertiary/aromatic N) is 1. The second kappa shape index (κ2) is 8.10. The van der Waals surface area contributed by atoms with E-state index in [9.17, 15) is 16.8 Å². The quantitative estimate of drug-likeness (QED) is 0.796. The SMILES string of the molecule is Cc1cccc(CNS(=O)(=O)c2ccc(S(=O)(=O)N3CCCCC3)cc2)c1. The third kappa shape index (κ3) is 4.76. The molecular weight excluding hydrogens is 384 g/mol. The highest BCUT2D eigenvalue weighted by Gasteiger charge is 2.26. The Kier molecular flexibility index (Phi) is 6.00. The van der Waals surface area contributed by atoms with Crippen LogP contribution < -0.4 is 4.72 Å². The number of rotatable bonds is 6. The van der Waals surface area contributed by atoms with E-state index in [1.807, 2.05) is 31.2 Å². The number of hydrogen-bond acceptors (Lipinski definition) is 4. The van der Waals surface area contributed by atoms with Crippen LogP contribution in [0.15, 0.2) is 58.3 Å². The molecule has 1 aliphatic heterocycles. The molecule has 0 saturated carbocycles. The molecule has 0 bridgehead atoms. The molecule has 0 aliphatic carbocycles. The van der Waals surface area contributed by atoms with Gasteiger partial charge in [-0.05, 0) is 49.6 Å². The van der Waals surface area contributed by atoms with E-state index in [0.29, 0.717) is 13.1 Å². The first kappa shape index (κ1) is 20.0. The minimum atomic E-state index is -3.72. The van der Waals surface area contributed by atoms with E-state index < -0.39 is 20.0 Å². The van der Waals surface area contributed by atoms with Crippen molar-refractivity contribution in [2.45, 2.75) is 42.5 Å². The van der Waals surface area contributed by atoms with Crippen molar-refractivity contribution in [1.29, 1.82) is 0 Å². The molecule has 8 heteroatoms. The molecule has 2 aromatic rings. The molecule has 1 saturated heterocycles. The molecule has 146 valence electrons. The monoisotopic (exact) mass is 408 g/mol. The Morgan fingerprint density at radius 1 is 0.889 bits per heavy atom. The Balaban J connectivity index is 1.73. The minimum absolute atomic E-state index is 0.0488. The molecule has 0 radical (unpaired) electrons. The topological polar surface area (TPSA) is 83.5 Å². The van der Waals surface area contributed by atoms with Gasteiger partial charge in [0.1, 0.15) is 0 Å². The maximum atomic E-state index is 12.7. The number of benzene rings is 2. The summed E-state index contributed by atoms with van der Waals surface area (Å²) in [7, 11) is -7.28. The Labute approximate surface area is 161 Å². The lowest BCUT2D eigenvalue weighted by Crippen LogP contribution is -2.35. The van der Waals surface area contributed by atoms with E-state index in [1.165, 1.54) is 28.6 Å². The Morgan fingerprint density at radius 3 is 2.15 bits per heavy atom. The molecule has 27 heavy (non-hydrogen) atoms. The average Bonchev–Trinajstić information content (AvgIpc) is 2.67. The molecule has 0 amide bonds. The van der Waals surface area contributed by atoms with Crippen molar-refractivity contribution in [3.63, 3.8) is 0 Å². The fourth-order valence-electron chi connectivity index (χ4n) is 3.13. The van der Waals surface area contributed by atoms with Gasteiger partial charge in [-0.3, -0.25) is 0 Å². The van der Waals surface area contributed by atoms with Crippen LogP contribution in [0, 0.1) is 6.92 Å². The number of hydrogen-bond donors (Lipinski definition) is 1. The van der Waals surface area contributed by atoms with Gasteiger partial charge in [0.2, 0.25) is 20.0 Å². The standard InChI is InChI=1S/C19H24N2O4S2/c1-16-6-5-7-17(14-16)15-20-26(22,23)18-8-10-19(11-9-18)27(24,25)21-12-3-2-4-13-21/h5-11,14,20H,2-4,12-13,15H2,1H3. The summed E-state index contributed by atoms with van der Waals surface area (Å²) in [6.45, 7) is 3.15. The summed E-state index contributed by atoms with van der Waals surface area (Å²) in [5.41, 5.74) is 1.92. The van der Waals surface area contributed by atoms with Crippen molar-refractivity contribution in [1.82, 2.24) is 9.03 Å². The summed E-state index contributed by atoms with van der Waals surface area (Å²) in [6.07, 6.45) is 2.75. The first-order valence-electron chi connectivity index (χ1n) is 8.94. The van der Waals surface area contributed by atoms with Crippen molar-refractivity contribution in [3.05, 3.63) is 59.7 Å². The molecule has 1 heterocycles. The summed E-state index contributed by atoms with van der Waals surface area (Å²) in [5, 5.41) is 0. The molecule has 0 unspecified atom stereocenters. The van der Waals surface area contributed by atoms with Crippen molar-refractivity contribution >= 4 is 20.0 Å². The lowest BCUT2D eigenvalue weighted by molar-refractivity contribution is 0.346. The van der Waals surface area contributed by atoms with Gasteiger partial charge < -0.3 is 0 Å². The van der Waals surface area contributed by atoms with Gasteiger partial charge in [0, 0.05) is 19.6 Å². The zero-order chi connectivity index (χ0) is 19.5. The number of aryl methyl sites for hydroxylation is 1. The average molecular weight is 409 g/mol. The van der Waals surface area contributed by atoms with Gasteiger partial charge in [0.05, 0.1) is 9.79 Å². The third-order valence-corrected chi connectivity index (χ3v) is 7.97. The van der Waals surface area contributed by atoms with E-state index in [1.54, 1.807) is 0 Å². The van der Waals surface area contributed by atoms with Gasteiger partial charge in [0.15, 0.2) is 0 Å². The Bertz CT molecular complexity index is 994. The highest BCUT2D eigenvalue weighted by atomic mass is 32.2. The van der Waals surface area contributed by atoms with Crippen LogP contribution in [0.4, 0.5) is 0 Å². The van der Waals surface area contributed by atoms with Crippen LogP contribution in [0.3, 0.4) is 0 Å². The van der Waals surface area contributed by atoms with Crippen LogP contribution in [-0.2, 0) is 26.6 Å². The smallest absolute Gasteiger partial charge is 0.207 e. The number of piperidine rings is 1. The second-order valence-corrected chi connectivity index (χ2v) is 10.5. The van der Waals surface area contributed by atoms with Crippen molar-refractivity contribution in [2.75, 3.05) is 13.1 Å². The van der Waals surface area contributed by atoms with Gasteiger partial charge in [-0.15, -0.1) is 0 Å². The maximum Gasteiger partial charge on any atom is 0.243 e. The molecule has 0 spiro atoms. The Hall–Kier alpha value is -1.74. The maximum absolute atomic E-state index is 12.7. The van der Waals surface area contributed by atoms with Crippen LogP contribution in [0.1, 0.15) is 30.4 Å². The van der Waals surface area contributed by atoms with Gasteiger partial charge in [-0.2, -0.15) is 4.31 Å². The van der Waals surface area contributed by atoms with Crippen molar-refractivity contribution in [2.24, 2.45) is 0 Å². The van der Waals surface area contributed by atoms with E-state index in [2.05, 4.69) is 4.72 Å². The predicted molar refractivity (Wildman–Crippen MR) is 104 cm³/mol. The molecule has 2 aromatic carbocycles. The first-order chi connectivity index (χ1) is 12.8. The summed E-state index contributed by atoms with van der Waals surface area (Å²) in [5.74, 6) is 0. The van der Waals surface area contributed by atoms with E-state index >= 15 is 0 Å². The van der Waals surface area contributed by atoms with E-state index in [0.717, 1.165) is 30.4 Å². The van der Waals surface area contributed by atoms with Crippen molar-refractivity contribution in [3.8, 4) is 0 Å². The second-order valence-electron chi connectivity index (χ2n) is 6.75. The predicted octanol–water partition coefficient (Wildman–Crippen LogP) is 2.65.